The van der Waals surface area contributed by atoms with Gasteiger partial charge in [0.25, 0.3) is 0 Å². The lowest BCUT2D eigenvalue weighted by atomic mass is 10.00. The number of aliphatic hydroxyl groups is 1. The maximum atomic E-state index is 10.5. The van der Waals surface area contributed by atoms with E-state index in [9.17, 15) is 5.11 Å². The Kier molecular flexibility index (Phi) is 8.43. The lowest BCUT2D eigenvalue weighted by molar-refractivity contribution is -0.00734. The lowest BCUT2D eigenvalue weighted by Crippen LogP contribution is -2.39. The van der Waals surface area contributed by atoms with Crippen molar-refractivity contribution in [2.24, 2.45) is 11.1 Å². The molecule has 0 saturated carbocycles. The predicted molar refractivity (Wildman–Crippen MR) is 121 cm³/mol. The molecule has 162 valence electrons. The molecule has 5 heteroatoms. The van der Waals surface area contributed by atoms with Crippen LogP contribution in [0.1, 0.15) is 37.0 Å². The zero-order valence-electron chi connectivity index (χ0n) is 18.3. The highest BCUT2D eigenvalue weighted by molar-refractivity contribution is 6.02. The SMILES string of the molecule is Cc1ccccc1C1=NO[C@H](CN(Cc2ccccc2)C[C@@H](O)COCC(C)C)C1. The first-order valence-electron chi connectivity index (χ1n) is 10.8. The van der Waals surface area contributed by atoms with Crippen LogP contribution in [0, 0.1) is 12.8 Å². The highest BCUT2D eigenvalue weighted by Gasteiger charge is 2.26. The molecule has 1 N–H and O–H groups in total. The average molecular weight is 411 g/mol. The number of rotatable bonds is 11. The Morgan fingerprint density at radius 1 is 1.10 bits per heavy atom. The second kappa shape index (κ2) is 11.3. The number of hydrogen-bond donors (Lipinski definition) is 1. The molecule has 0 unspecified atom stereocenters. The molecule has 0 aromatic heterocycles. The van der Waals surface area contributed by atoms with E-state index in [1.54, 1.807) is 0 Å². The highest BCUT2D eigenvalue weighted by Crippen LogP contribution is 2.21. The van der Waals surface area contributed by atoms with Crippen LogP contribution in [0.15, 0.2) is 59.8 Å². The van der Waals surface area contributed by atoms with Crippen molar-refractivity contribution >= 4 is 5.71 Å². The molecule has 2 aromatic carbocycles. The summed E-state index contributed by atoms with van der Waals surface area (Å²) in [6.07, 6.45) is 0.216. The van der Waals surface area contributed by atoms with E-state index in [0.717, 1.165) is 24.2 Å². The van der Waals surface area contributed by atoms with E-state index in [2.05, 4.69) is 55.1 Å². The molecule has 2 atom stereocenters. The van der Waals surface area contributed by atoms with Gasteiger partial charge in [0.15, 0.2) is 0 Å². The third-order valence-corrected chi connectivity index (χ3v) is 5.13. The Morgan fingerprint density at radius 3 is 2.57 bits per heavy atom. The van der Waals surface area contributed by atoms with Crippen LogP contribution >= 0.6 is 0 Å². The molecule has 0 aliphatic carbocycles. The Balaban J connectivity index is 1.59. The van der Waals surface area contributed by atoms with Gasteiger partial charge in [-0.25, -0.2) is 0 Å². The largest absolute Gasteiger partial charge is 0.390 e. The van der Waals surface area contributed by atoms with E-state index in [0.29, 0.717) is 32.2 Å². The number of nitrogens with zero attached hydrogens (tertiary/aromatic N) is 2. The minimum Gasteiger partial charge on any atom is -0.390 e. The van der Waals surface area contributed by atoms with E-state index in [-0.39, 0.29) is 6.10 Å². The van der Waals surface area contributed by atoms with Gasteiger partial charge in [-0.1, -0.05) is 73.6 Å². The van der Waals surface area contributed by atoms with Gasteiger partial charge < -0.3 is 14.7 Å². The van der Waals surface area contributed by atoms with Gasteiger partial charge in [0.05, 0.1) is 18.4 Å². The first-order chi connectivity index (χ1) is 14.5. The third kappa shape index (κ3) is 6.94. The van der Waals surface area contributed by atoms with Crippen LogP contribution < -0.4 is 0 Å². The van der Waals surface area contributed by atoms with Gasteiger partial charge in [-0.2, -0.15) is 0 Å². The van der Waals surface area contributed by atoms with Gasteiger partial charge in [-0.15, -0.1) is 0 Å². The van der Waals surface area contributed by atoms with E-state index in [1.807, 2.05) is 30.3 Å². The van der Waals surface area contributed by atoms with Crippen LogP contribution in [0.4, 0.5) is 0 Å². The van der Waals surface area contributed by atoms with E-state index >= 15 is 0 Å². The molecule has 1 aliphatic rings. The van der Waals surface area contributed by atoms with Crippen LogP contribution in [-0.2, 0) is 16.1 Å². The molecule has 2 aromatic rings. The topological polar surface area (TPSA) is 54.3 Å². The summed E-state index contributed by atoms with van der Waals surface area (Å²) in [7, 11) is 0. The fourth-order valence-corrected chi connectivity index (χ4v) is 3.71. The van der Waals surface area contributed by atoms with Gasteiger partial charge in [0.1, 0.15) is 6.10 Å². The van der Waals surface area contributed by atoms with Crippen LogP contribution in [0.3, 0.4) is 0 Å². The van der Waals surface area contributed by atoms with Gasteiger partial charge in [0.2, 0.25) is 0 Å². The Morgan fingerprint density at radius 2 is 1.83 bits per heavy atom. The first-order valence-corrected chi connectivity index (χ1v) is 10.8. The zero-order valence-corrected chi connectivity index (χ0v) is 18.3. The van der Waals surface area contributed by atoms with Crippen LogP contribution in [0.5, 0.6) is 0 Å². The maximum absolute atomic E-state index is 10.5. The van der Waals surface area contributed by atoms with Crippen LogP contribution in [-0.4, -0.2) is 54.2 Å². The molecule has 0 radical (unpaired) electrons. The van der Waals surface area contributed by atoms with Crippen molar-refractivity contribution in [1.29, 1.82) is 0 Å². The molecule has 3 rings (SSSR count). The van der Waals surface area contributed by atoms with Crippen molar-refractivity contribution < 1.29 is 14.7 Å². The minimum atomic E-state index is -0.536. The molecule has 0 fully saturated rings. The summed E-state index contributed by atoms with van der Waals surface area (Å²) in [6.45, 7) is 9.31. The van der Waals surface area contributed by atoms with Crippen molar-refractivity contribution in [2.75, 3.05) is 26.3 Å². The number of aliphatic hydroxyl groups excluding tert-OH is 1. The second-order valence-electron chi connectivity index (χ2n) is 8.55. The summed E-state index contributed by atoms with van der Waals surface area (Å²) in [5.74, 6) is 0.460. The van der Waals surface area contributed by atoms with Crippen molar-refractivity contribution in [3.05, 3.63) is 71.3 Å². The summed E-state index contributed by atoms with van der Waals surface area (Å²) in [4.78, 5) is 8.01. The summed E-state index contributed by atoms with van der Waals surface area (Å²) in [6, 6.07) is 18.6. The number of aryl methyl sites for hydroxylation is 1. The average Bonchev–Trinajstić information content (AvgIpc) is 3.17. The highest BCUT2D eigenvalue weighted by atomic mass is 16.6. The Bertz CT molecular complexity index is 807. The van der Waals surface area contributed by atoms with Crippen LogP contribution in [0.2, 0.25) is 0 Å². The van der Waals surface area contributed by atoms with Crippen LogP contribution in [0.25, 0.3) is 0 Å². The maximum Gasteiger partial charge on any atom is 0.145 e. The zero-order chi connectivity index (χ0) is 21.3. The predicted octanol–water partition coefficient (Wildman–Crippen LogP) is 4.02. The van der Waals surface area contributed by atoms with Crippen molar-refractivity contribution in [3.63, 3.8) is 0 Å². The monoisotopic (exact) mass is 410 g/mol. The normalized spacial score (nSPS) is 17.3. The fourth-order valence-electron chi connectivity index (χ4n) is 3.71. The van der Waals surface area contributed by atoms with Gasteiger partial charge in [-0.3, -0.25) is 4.90 Å². The van der Waals surface area contributed by atoms with E-state index in [1.165, 1.54) is 11.1 Å². The molecule has 5 nitrogen and oxygen atoms in total. The molecular formula is C25H34N2O3. The van der Waals surface area contributed by atoms with Crippen molar-refractivity contribution in [3.8, 4) is 0 Å². The quantitative estimate of drug-likeness (QED) is 0.608. The Labute approximate surface area is 180 Å². The summed E-state index contributed by atoms with van der Waals surface area (Å²) in [5, 5.41) is 14.9. The molecule has 0 bridgehead atoms. The number of oxime groups is 1. The number of hydrogen-bond acceptors (Lipinski definition) is 5. The molecule has 1 aliphatic heterocycles. The Hall–Kier alpha value is -2.21. The second-order valence-corrected chi connectivity index (χ2v) is 8.55. The van der Waals surface area contributed by atoms with Gasteiger partial charge in [0, 0.05) is 38.2 Å². The molecular weight excluding hydrogens is 376 g/mol. The molecule has 30 heavy (non-hydrogen) atoms. The van der Waals surface area contributed by atoms with Crippen molar-refractivity contribution in [2.45, 2.75) is 45.9 Å². The third-order valence-electron chi connectivity index (χ3n) is 5.13. The fraction of sp³-hybridized carbons (Fsp3) is 0.480. The number of ether oxygens (including phenoxy) is 1. The standard InChI is InChI=1S/C25H34N2O3/c1-19(2)17-29-18-22(28)15-27(14-21-10-5-4-6-11-21)16-23-13-25(26-30-23)24-12-8-7-9-20(24)3/h4-12,19,22-23,28H,13-18H2,1-3H3/t22-,23+/m1/s1. The molecule has 0 saturated heterocycles. The lowest BCUT2D eigenvalue weighted by Gasteiger charge is -2.27. The van der Waals surface area contributed by atoms with Gasteiger partial charge in [-0.05, 0) is 24.0 Å². The van der Waals surface area contributed by atoms with Gasteiger partial charge >= 0.3 is 0 Å². The molecule has 0 spiro atoms. The van der Waals surface area contributed by atoms with E-state index in [4.69, 9.17) is 9.57 Å². The smallest absolute Gasteiger partial charge is 0.145 e. The molecule has 0 amide bonds. The van der Waals surface area contributed by atoms with Crippen molar-refractivity contribution in [1.82, 2.24) is 4.90 Å². The summed E-state index contributed by atoms with van der Waals surface area (Å²) >= 11 is 0. The first kappa shape index (κ1) is 22.5. The number of benzene rings is 2. The summed E-state index contributed by atoms with van der Waals surface area (Å²) < 4.78 is 5.64. The minimum absolute atomic E-state index is 0.0212. The molecule has 1 heterocycles. The van der Waals surface area contributed by atoms with E-state index < -0.39 is 6.10 Å². The summed E-state index contributed by atoms with van der Waals surface area (Å²) in [5.41, 5.74) is 4.57.